The highest BCUT2D eigenvalue weighted by atomic mass is 35.5. The van der Waals surface area contributed by atoms with E-state index in [0.717, 1.165) is 46.8 Å². The molecule has 0 spiro atoms. The van der Waals surface area contributed by atoms with Crippen molar-refractivity contribution < 1.29 is 4.39 Å². The van der Waals surface area contributed by atoms with Gasteiger partial charge in [0.1, 0.15) is 5.82 Å². The van der Waals surface area contributed by atoms with Crippen molar-refractivity contribution in [1.82, 2.24) is 5.32 Å². The fourth-order valence-electron chi connectivity index (χ4n) is 2.89. The van der Waals surface area contributed by atoms with Gasteiger partial charge in [-0.2, -0.15) is 0 Å². The minimum absolute atomic E-state index is 0.155. The number of rotatable bonds is 3. The van der Waals surface area contributed by atoms with E-state index in [1.807, 2.05) is 31.2 Å². The SMILES string of the molecule is Cc1ccc(Sc2c(F)cccc2C2CCNCC2)c(Cl)c1. The second-order valence-electron chi connectivity index (χ2n) is 5.72. The third kappa shape index (κ3) is 3.48. The fraction of sp³-hybridized carbons (Fsp3) is 0.333. The molecule has 4 heteroatoms. The maximum absolute atomic E-state index is 14.4. The molecule has 1 aliphatic heterocycles. The Morgan fingerprint density at radius 3 is 2.68 bits per heavy atom. The van der Waals surface area contributed by atoms with Gasteiger partial charge in [-0.15, -0.1) is 0 Å². The Morgan fingerprint density at radius 1 is 1.18 bits per heavy atom. The summed E-state index contributed by atoms with van der Waals surface area (Å²) in [5.74, 6) is 0.265. The van der Waals surface area contributed by atoms with Gasteiger partial charge in [0.2, 0.25) is 0 Å². The molecule has 2 aromatic carbocycles. The second kappa shape index (κ2) is 7.03. The largest absolute Gasteiger partial charge is 0.317 e. The molecule has 1 aliphatic rings. The van der Waals surface area contributed by atoms with Crippen LogP contribution in [0.4, 0.5) is 4.39 Å². The number of benzene rings is 2. The molecule has 0 saturated carbocycles. The Morgan fingerprint density at radius 2 is 1.95 bits per heavy atom. The van der Waals surface area contributed by atoms with E-state index in [1.54, 1.807) is 0 Å². The lowest BCUT2D eigenvalue weighted by molar-refractivity contribution is 0.452. The lowest BCUT2D eigenvalue weighted by Gasteiger charge is -2.25. The average Bonchev–Trinajstić information content (AvgIpc) is 2.52. The van der Waals surface area contributed by atoms with E-state index < -0.39 is 0 Å². The van der Waals surface area contributed by atoms with Gasteiger partial charge >= 0.3 is 0 Å². The molecule has 116 valence electrons. The molecule has 0 unspecified atom stereocenters. The van der Waals surface area contributed by atoms with Gasteiger partial charge in [0.25, 0.3) is 0 Å². The monoisotopic (exact) mass is 335 g/mol. The molecule has 0 radical (unpaired) electrons. The van der Waals surface area contributed by atoms with Crippen LogP contribution < -0.4 is 5.32 Å². The lowest BCUT2D eigenvalue weighted by atomic mass is 9.90. The van der Waals surface area contributed by atoms with Crippen molar-refractivity contribution in [3.05, 3.63) is 58.4 Å². The first-order valence-corrected chi connectivity index (χ1v) is 8.78. The molecule has 0 aliphatic carbocycles. The Labute approximate surface area is 140 Å². The number of hydrogen-bond donors (Lipinski definition) is 1. The summed E-state index contributed by atoms with van der Waals surface area (Å²) >= 11 is 7.76. The molecule has 0 atom stereocenters. The molecular weight excluding hydrogens is 317 g/mol. The summed E-state index contributed by atoms with van der Waals surface area (Å²) in [4.78, 5) is 1.63. The van der Waals surface area contributed by atoms with Gasteiger partial charge in [0.05, 0.1) is 9.92 Å². The summed E-state index contributed by atoms with van der Waals surface area (Å²) in [7, 11) is 0. The van der Waals surface area contributed by atoms with E-state index in [1.165, 1.54) is 17.8 Å². The standard InChI is InChI=1S/C18H19ClFNS/c1-12-5-6-17(15(19)11-12)22-18-14(3-2-4-16(18)20)13-7-9-21-10-8-13/h2-6,11,13,21H,7-10H2,1H3. The van der Waals surface area contributed by atoms with Gasteiger partial charge in [0.15, 0.2) is 0 Å². The van der Waals surface area contributed by atoms with E-state index >= 15 is 0 Å². The summed E-state index contributed by atoms with van der Waals surface area (Å²) in [5.41, 5.74) is 2.23. The van der Waals surface area contributed by atoms with Crippen LogP contribution in [0.3, 0.4) is 0 Å². The van der Waals surface area contributed by atoms with Gasteiger partial charge in [-0.3, -0.25) is 0 Å². The summed E-state index contributed by atoms with van der Waals surface area (Å²) in [6.07, 6.45) is 2.11. The summed E-state index contributed by atoms with van der Waals surface area (Å²) in [5, 5.41) is 4.05. The summed E-state index contributed by atoms with van der Waals surface area (Å²) in [6.45, 7) is 4.00. The molecule has 0 aromatic heterocycles. The van der Waals surface area contributed by atoms with Gasteiger partial charge in [-0.05, 0) is 68.1 Å². The number of hydrogen-bond acceptors (Lipinski definition) is 2. The van der Waals surface area contributed by atoms with Crippen LogP contribution in [0.1, 0.15) is 29.9 Å². The highest BCUT2D eigenvalue weighted by Gasteiger charge is 2.21. The third-order valence-electron chi connectivity index (χ3n) is 4.08. The van der Waals surface area contributed by atoms with Crippen LogP contribution in [-0.2, 0) is 0 Å². The Balaban J connectivity index is 1.95. The van der Waals surface area contributed by atoms with Crippen molar-refractivity contribution in [2.45, 2.75) is 35.5 Å². The molecule has 1 nitrogen and oxygen atoms in total. The Bertz CT molecular complexity index is 668. The molecule has 1 N–H and O–H groups in total. The predicted octanol–water partition coefficient (Wildman–Crippen LogP) is 5.41. The molecule has 1 heterocycles. The zero-order chi connectivity index (χ0) is 15.5. The Hall–Kier alpha value is -1.03. The predicted molar refractivity (Wildman–Crippen MR) is 91.6 cm³/mol. The third-order valence-corrected chi connectivity index (χ3v) is 5.71. The maximum atomic E-state index is 14.4. The highest BCUT2D eigenvalue weighted by molar-refractivity contribution is 7.99. The number of nitrogens with one attached hydrogen (secondary N) is 1. The van der Waals surface area contributed by atoms with Crippen LogP contribution in [0, 0.1) is 12.7 Å². The van der Waals surface area contributed by atoms with Crippen molar-refractivity contribution in [2.75, 3.05) is 13.1 Å². The quantitative estimate of drug-likeness (QED) is 0.805. The van der Waals surface area contributed by atoms with Crippen LogP contribution in [-0.4, -0.2) is 13.1 Å². The zero-order valence-electron chi connectivity index (χ0n) is 12.5. The van der Waals surface area contributed by atoms with E-state index in [9.17, 15) is 4.39 Å². The van der Waals surface area contributed by atoms with Crippen LogP contribution in [0.2, 0.25) is 5.02 Å². The smallest absolute Gasteiger partial charge is 0.137 e. The molecule has 22 heavy (non-hydrogen) atoms. The van der Waals surface area contributed by atoms with Crippen molar-refractivity contribution in [2.24, 2.45) is 0 Å². The Kier molecular flexibility index (Phi) is 5.07. The van der Waals surface area contributed by atoms with Crippen LogP contribution in [0.15, 0.2) is 46.2 Å². The molecule has 3 rings (SSSR count). The maximum Gasteiger partial charge on any atom is 0.137 e. The van der Waals surface area contributed by atoms with E-state index in [0.29, 0.717) is 10.9 Å². The minimum atomic E-state index is -0.155. The number of halogens is 2. The van der Waals surface area contributed by atoms with E-state index in [2.05, 4.69) is 11.4 Å². The molecule has 0 bridgehead atoms. The number of aryl methyl sites for hydroxylation is 1. The number of piperidine rings is 1. The van der Waals surface area contributed by atoms with Crippen molar-refractivity contribution in [3.8, 4) is 0 Å². The van der Waals surface area contributed by atoms with Crippen molar-refractivity contribution in [1.29, 1.82) is 0 Å². The minimum Gasteiger partial charge on any atom is -0.317 e. The highest BCUT2D eigenvalue weighted by Crippen LogP contribution is 2.41. The normalized spacial score (nSPS) is 16.0. The average molecular weight is 336 g/mol. The molecule has 1 fully saturated rings. The molecule has 2 aromatic rings. The fourth-order valence-corrected chi connectivity index (χ4v) is 4.27. The first-order chi connectivity index (χ1) is 10.6. The molecule has 1 saturated heterocycles. The lowest BCUT2D eigenvalue weighted by Crippen LogP contribution is -2.26. The topological polar surface area (TPSA) is 12.0 Å². The van der Waals surface area contributed by atoms with E-state index in [-0.39, 0.29) is 5.82 Å². The second-order valence-corrected chi connectivity index (χ2v) is 7.18. The van der Waals surface area contributed by atoms with Crippen LogP contribution >= 0.6 is 23.4 Å². The van der Waals surface area contributed by atoms with Crippen molar-refractivity contribution >= 4 is 23.4 Å². The first kappa shape index (κ1) is 15.9. The van der Waals surface area contributed by atoms with Gasteiger partial charge in [-0.25, -0.2) is 4.39 Å². The van der Waals surface area contributed by atoms with Gasteiger partial charge < -0.3 is 5.32 Å². The summed E-state index contributed by atoms with van der Waals surface area (Å²) in [6, 6.07) is 11.3. The molecule has 0 amide bonds. The van der Waals surface area contributed by atoms with Gasteiger partial charge in [-0.1, -0.05) is 41.6 Å². The van der Waals surface area contributed by atoms with Crippen LogP contribution in [0.5, 0.6) is 0 Å². The van der Waals surface area contributed by atoms with E-state index in [4.69, 9.17) is 11.6 Å². The van der Waals surface area contributed by atoms with Crippen molar-refractivity contribution in [3.63, 3.8) is 0 Å². The van der Waals surface area contributed by atoms with Gasteiger partial charge in [0, 0.05) is 4.90 Å². The molecular formula is C18H19ClFNS. The van der Waals surface area contributed by atoms with Crippen LogP contribution in [0.25, 0.3) is 0 Å². The first-order valence-electron chi connectivity index (χ1n) is 7.58. The zero-order valence-corrected chi connectivity index (χ0v) is 14.1. The summed E-state index contributed by atoms with van der Waals surface area (Å²) < 4.78 is 14.4.